The third-order valence-corrected chi connectivity index (χ3v) is 8.37. The number of ether oxygens (including phenoxy) is 1. The first kappa shape index (κ1) is 29.9. The topological polar surface area (TPSA) is 111 Å². The fraction of sp³-hybridized carbons (Fsp3) is 0.615. The standard InChI is InChI=1S/C26H36F3N3O5S/c1-6-20-31-21(23(33)30-15-26(34)11-9-17(10-12-26)38(5,35)36)22(27)32(20)18-8-7-16(14-25(2,3)4)13-19(18)37-24(28)29/h7-8,13,17,24,34H,6,9-12,14-15H2,1-5H3,(H,30,33). The molecule has 1 fully saturated rings. The zero-order chi connectivity index (χ0) is 28.5. The van der Waals surface area contributed by atoms with Gasteiger partial charge in [-0.25, -0.2) is 13.4 Å². The lowest BCUT2D eigenvalue weighted by molar-refractivity contribution is -0.0499. The van der Waals surface area contributed by atoms with Crippen molar-refractivity contribution < 1.29 is 36.2 Å². The van der Waals surface area contributed by atoms with Crippen LogP contribution in [0.25, 0.3) is 5.69 Å². The lowest BCUT2D eigenvalue weighted by Crippen LogP contribution is -2.47. The molecule has 0 aliphatic heterocycles. The molecule has 212 valence electrons. The monoisotopic (exact) mass is 559 g/mol. The first-order chi connectivity index (χ1) is 17.5. The predicted molar refractivity (Wildman–Crippen MR) is 137 cm³/mol. The fourth-order valence-electron chi connectivity index (χ4n) is 4.79. The number of hydrogen-bond acceptors (Lipinski definition) is 6. The Morgan fingerprint density at radius 2 is 1.92 bits per heavy atom. The first-order valence-electron chi connectivity index (χ1n) is 12.6. The van der Waals surface area contributed by atoms with E-state index in [4.69, 9.17) is 4.74 Å². The summed E-state index contributed by atoms with van der Waals surface area (Å²) in [6.07, 6.45) is 2.76. The van der Waals surface area contributed by atoms with Crippen molar-refractivity contribution in [3.05, 3.63) is 41.2 Å². The number of aryl methyl sites for hydroxylation is 1. The molecule has 1 amide bonds. The lowest BCUT2D eigenvalue weighted by Gasteiger charge is -2.35. The minimum Gasteiger partial charge on any atom is -0.433 e. The number of carbonyl (C=O) groups is 1. The number of benzene rings is 1. The molecule has 38 heavy (non-hydrogen) atoms. The van der Waals surface area contributed by atoms with Gasteiger partial charge in [0.25, 0.3) is 5.91 Å². The van der Waals surface area contributed by atoms with Crippen LogP contribution in [0.3, 0.4) is 0 Å². The van der Waals surface area contributed by atoms with Gasteiger partial charge < -0.3 is 15.2 Å². The number of alkyl halides is 2. The molecule has 1 heterocycles. The Balaban J connectivity index is 1.86. The van der Waals surface area contributed by atoms with Gasteiger partial charge in [-0.2, -0.15) is 13.2 Å². The largest absolute Gasteiger partial charge is 0.433 e. The molecule has 1 saturated carbocycles. The molecule has 0 spiro atoms. The zero-order valence-corrected chi connectivity index (χ0v) is 23.2. The van der Waals surface area contributed by atoms with Crippen molar-refractivity contribution in [2.24, 2.45) is 5.41 Å². The molecule has 12 heteroatoms. The van der Waals surface area contributed by atoms with Crippen LogP contribution in [0.1, 0.15) is 75.3 Å². The van der Waals surface area contributed by atoms with Gasteiger partial charge in [0.15, 0.2) is 11.4 Å². The third-order valence-electron chi connectivity index (χ3n) is 6.68. The van der Waals surface area contributed by atoms with Gasteiger partial charge in [-0.3, -0.25) is 9.36 Å². The molecule has 1 aromatic carbocycles. The normalized spacial score (nSPS) is 20.5. The van der Waals surface area contributed by atoms with Crippen LogP contribution < -0.4 is 10.1 Å². The number of imidazole rings is 1. The van der Waals surface area contributed by atoms with Crippen molar-refractivity contribution in [2.45, 2.75) is 83.7 Å². The average molecular weight is 560 g/mol. The van der Waals surface area contributed by atoms with Crippen LogP contribution in [-0.4, -0.2) is 59.2 Å². The molecule has 0 atom stereocenters. The van der Waals surface area contributed by atoms with Gasteiger partial charge in [0.05, 0.1) is 16.5 Å². The minimum atomic E-state index is -3.23. The summed E-state index contributed by atoms with van der Waals surface area (Å²) in [6, 6.07) is 4.60. The number of carbonyl (C=O) groups excluding carboxylic acids is 1. The summed E-state index contributed by atoms with van der Waals surface area (Å²) in [5.74, 6) is -2.04. The Labute approximate surface area is 221 Å². The molecule has 1 aliphatic rings. The van der Waals surface area contributed by atoms with Crippen LogP contribution in [0.5, 0.6) is 5.75 Å². The van der Waals surface area contributed by atoms with E-state index in [0.717, 1.165) is 16.4 Å². The number of hydrogen-bond donors (Lipinski definition) is 2. The van der Waals surface area contributed by atoms with Gasteiger partial charge in [0.2, 0.25) is 5.95 Å². The van der Waals surface area contributed by atoms with E-state index in [9.17, 15) is 27.1 Å². The van der Waals surface area contributed by atoms with Crippen molar-refractivity contribution >= 4 is 15.7 Å². The van der Waals surface area contributed by atoms with E-state index in [-0.39, 0.29) is 61.3 Å². The molecule has 8 nitrogen and oxygen atoms in total. The number of aliphatic hydroxyl groups is 1. The highest BCUT2D eigenvalue weighted by Crippen LogP contribution is 2.33. The maximum atomic E-state index is 15.6. The van der Waals surface area contributed by atoms with E-state index in [1.165, 1.54) is 12.1 Å². The van der Waals surface area contributed by atoms with Crippen LogP contribution in [0.4, 0.5) is 13.2 Å². The van der Waals surface area contributed by atoms with Gasteiger partial charge in [-0.1, -0.05) is 33.8 Å². The minimum absolute atomic E-state index is 0.0124. The van der Waals surface area contributed by atoms with Crippen molar-refractivity contribution in [1.29, 1.82) is 0 Å². The Kier molecular flexibility index (Phi) is 8.87. The molecule has 2 aromatic rings. The molecule has 0 radical (unpaired) electrons. The number of halogens is 3. The summed E-state index contributed by atoms with van der Waals surface area (Å²) in [6.45, 7) is 4.33. The van der Waals surface area contributed by atoms with Crippen molar-refractivity contribution in [1.82, 2.24) is 14.9 Å². The number of nitrogens with zero attached hydrogens (tertiary/aromatic N) is 2. The van der Waals surface area contributed by atoms with E-state index in [1.807, 2.05) is 20.8 Å². The van der Waals surface area contributed by atoms with Crippen molar-refractivity contribution in [3.8, 4) is 11.4 Å². The van der Waals surface area contributed by atoms with E-state index in [1.54, 1.807) is 13.0 Å². The van der Waals surface area contributed by atoms with Crippen molar-refractivity contribution in [2.75, 3.05) is 12.8 Å². The molecular weight excluding hydrogens is 523 g/mol. The molecule has 0 unspecified atom stereocenters. The second-order valence-electron chi connectivity index (χ2n) is 11.2. The average Bonchev–Trinajstić information content (AvgIpc) is 3.12. The van der Waals surface area contributed by atoms with Gasteiger partial charge in [0.1, 0.15) is 15.7 Å². The highest BCUT2D eigenvalue weighted by Gasteiger charge is 2.37. The summed E-state index contributed by atoms with van der Waals surface area (Å²) < 4.78 is 71.4. The Hall–Kier alpha value is -2.60. The lowest BCUT2D eigenvalue weighted by atomic mass is 9.84. The third kappa shape index (κ3) is 7.28. The van der Waals surface area contributed by atoms with Gasteiger partial charge in [-0.05, 0) is 55.2 Å². The number of aromatic nitrogens is 2. The summed E-state index contributed by atoms with van der Waals surface area (Å²) >= 11 is 0. The SMILES string of the molecule is CCc1nc(C(=O)NCC2(O)CCC(S(C)(=O)=O)CC2)c(F)n1-c1ccc(CC(C)(C)C)cc1OC(F)F. The Bertz CT molecular complexity index is 1260. The smallest absolute Gasteiger partial charge is 0.387 e. The summed E-state index contributed by atoms with van der Waals surface area (Å²) in [5, 5.41) is 12.8. The molecule has 2 N–H and O–H groups in total. The highest BCUT2D eigenvalue weighted by molar-refractivity contribution is 7.91. The summed E-state index contributed by atoms with van der Waals surface area (Å²) in [4.78, 5) is 17.0. The second-order valence-corrected chi connectivity index (χ2v) is 13.5. The fourth-order valence-corrected chi connectivity index (χ4v) is 5.88. The second kappa shape index (κ2) is 11.3. The Morgan fingerprint density at radius 1 is 1.29 bits per heavy atom. The highest BCUT2D eigenvalue weighted by atomic mass is 32.2. The molecule has 3 rings (SSSR count). The quantitative estimate of drug-likeness (QED) is 0.476. The predicted octanol–water partition coefficient (Wildman–Crippen LogP) is 4.21. The van der Waals surface area contributed by atoms with E-state index < -0.39 is 44.8 Å². The summed E-state index contributed by atoms with van der Waals surface area (Å²) in [5.41, 5.74) is -1.28. The van der Waals surface area contributed by atoms with Crippen LogP contribution in [0.2, 0.25) is 0 Å². The molecule has 1 aromatic heterocycles. The van der Waals surface area contributed by atoms with E-state index >= 15 is 4.39 Å². The Morgan fingerprint density at radius 3 is 2.45 bits per heavy atom. The zero-order valence-electron chi connectivity index (χ0n) is 22.4. The molecule has 0 bridgehead atoms. The van der Waals surface area contributed by atoms with Gasteiger partial charge in [0, 0.05) is 19.2 Å². The van der Waals surface area contributed by atoms with Gasteiger partial charge >= 0.3 is 6.61 Å². The van der Waals surface area contributed by atoms with Crippen LogP contribution in [-0.2, 0) is 22.7 Å². The van der Waals surface area contributed by atoms with Crippen LogP contribution >= 0.6 is 0 Å². The molecule has 0 saturated heterocycles. The van der Waals surface area contributed by atoms with E-state index in [2.05, 4.69) is 10.3 Å². The summed E-state index contributed by atoms with van der Waals surface area (Å²) in [7, 11) is -3.23. The maximum absolute atomic E-state index is 15.6. The van der Waals surface area contributed by atoms with Crippen LogP contribution in [0.15, 0.2) is 18.2 Å². The first-order valence-corrected chi connectivity index (χ1v) is 14.5. The van der Waals surface area contributed by atoms with Gasteiger partial charge in [-0.15, -0.1) is 0 Å². The number of amides is 1. The van der Waals surface area contributed by atoms with Crippen LogP contribution in [0, 0.1) is 11.4 Å². The van der Waals surface area contributed by atoms with Crippen molar-refractivity contribution in [3.63, 3.8) is 0 Å². The maximum Gasteiger partial charge on any atom is 0.387 e. The molecule has 1 aliphatic carbocycles. The number of sulfone groups is 1. The number of nitrogens with one attached hydrogen (secondary N) is 1. The number of rotatable bonds is 9. The van der Waals surface area contributed by atoms with E-state index in [0.29, 0.717) is 6.42 Å². The molecular formula is C26H36F3N3O5S.